The van der Waals surface area contributed by atoms with Crippen LogP contribution < -0.4 is 9.80 Å². The minimum atomic E-state index is -0.155. The molecule has 24 aromatic carbocycles. The second kappa shape index (κ2) is 33.6. The van der Waals surface area contributed by atoms with Crippen molar-refractivity contribution in [2.24, 2.45) is 0 Å². The van der Waals surface area contributed by atoms with Crippen LogP contribution in [-0.2, 0) is 16.2 Å². The molecule has 0 radical (unpaired) electrons. The van der Waals surface area contributed by atoms with Gasteiger partial charge in [-0.15, -0.1) is 0 Å². The molecule has 2 nitrogen and oxygen atoms in total. The van der Waals surface area contributed by atoms with Gasteiger partial charge in [0.05, 0.1) is 0 Å². The predicted molar refractivity (Wildman–Crippen MR) is 601 cm³/mol. The lowest BCUT2D eigenvalue weighted by Crippen LogP contribution is -2.16. The van der Waals surface area contributed by atoms with Crippen molar-refractivity contribution in [1.82, 2.24) is 0 Å². The Hall–Kier alpha value is -17.3. The molecule has 0 aromatic heterocycles. The molecule has 666 valence electrons. The molecule has 3 aliphatic rings. The molecular formula is C139H100N2. The van der Waals surface area contributed by atoms with Crippen LogP contribution in [0, 0.1) is 0 Å². The first kappa shape index (κ1) is 84.2. The second-order valence-corrected chi connectivity index (χ2v) is 40.0. The predicted octanol–water partition coefficient (Wildman–Crippen LogP) is 38.6. The van der Waals surface area contributed by atoms with Crippen LogP contribution in [-0.4, -0.2) is 0 Å². The van der Waals surface area contributed by atoms with E-state index in [0.717, 1.165) is 34.1 Å². The molecule has 0 bridgehead atoms. The lowest BCUT2D eigenvalue weighted by molar-refractivity contribution is 0.660. The van der Waals surface area contributed by atoms with E-state index in [1.54, 1.807) is 0 Å². The summed E-state index contributed by atoms with van der Waals surface area (Å²) in [5.41, 5.74) is 42.0. The Kier molecular flexibility index (Phi) is 20.0. The highest BCUT2D eigenvalue weighted by Crippen LogP contribution is 2.59. The number of nitrogens with zero attached hydrogens (tertiary/aromatic N) is 2. The molecule has 0 saturated carbocycles. The maximum absolute atomic E-state index is 2.49. The summed E-state index contributed by atoms with van der Waals surface area (Å²) in [6.07, 6.45) is 0. The Morgan fingerprint density at radius 3 is 0.872 bits per heavy atom. The van der Waals surface area contributed by atoms with E-state index in [4.69, 9.17) is 0 Å². The van der Waals surface area contributed by atoms with Crippen LogP contribution in [0.2, 0.25) is 0 Å². The van der Waals surface area contributed by atoms with Gasteiger partial charge in [-0.25, -0.2) is 0 Å². The average Bonchev–Trinajstić information content (AvgIpc) is 1.70. The third-order valence-electron chi connectivity index (χ3n) is 31.1. The Bertz CT molecular complexity index is 9150. The van der Waals surface area contributed by atoms with E-state index in [1.807, 2.05) is 0 Å². The largest absolute Gasteiger partial charge is 0.310 e. The fourth-order valence-corrected chi connectivity index (χ4v) is 24.3. The van der Waals surface area contributed by atoms with Crippen molar-refractivity contribution in [2.45, 2.75) is 57.8 Å². The zero-order valence-electron chi connectivity index (χ0n) is 79.7. The van der Waals surface area contributed by atoms with Crippen molar-refractivity contribution >= 4 is 110 Å². The van der Waals surface area contributed by atoms with E-state index in [0.29, 0.717) is 0 Å². The van der Waals surface area contributed by atoms with Crippen LogP contribution in [0.15, 0.2) is 497 Å². The third kappa shape index (κ3) is 13.8. The molecular weight excluding hydrogens is 1700 g/mol. The average molecular weight is 1800 g/mol. The highest BCUT2D eigenvalue weighted by atomic mass is 15.1. The standard InChI is InChI=1S/C72H53N.C67H47N/c1-71(2)64-30-18-16-27-55(64)57-39-34-50(42-66(57)71)46-32-35-51(36-33-46)73(53-37-40-58-56-28-17-19-31-65(56)72(3,4)67(58)44-53)52-38-41-60-63(43-52)54-26-14-15-29-59(54)69-62(48-22-10-6-11-23-48)45-61(47-20-8-5-9-21-47)68(70(60)69)49-24-12-7-13-25-49;1-67(2)62-35-17-16-32-55(62)56-38-36-51(42-63(56)67)68(49-29-18-28-48(40-49)53-34-19-27-44-24-12-13-30-52(44)53)50-37-39-58-61(41-50)54-31-14-15-33-57(54)65-60(46-22-8-4-9-23-46)43-59(45-20-6-3-7-21-45)64(66(58)65)47-25-10-5-11-26-47/h5-45H,1-4H3;3-43H,1-2H3. The molecule has 0 amide bonds. The highest BCUT2D eigenvalue weighted by molar-refractivity contribution is 6.35. The normalized spacial score (nSPS) is 13.2. The first-order valence-corrected chi connectivity index (χ1v) is 49.5. The van der Waals surface area contributed by atoms with E-state index in [9.17, 15) is 0 Å². The fraction of sp³-hybridized carbons (Fsp3) is 0.0647. The minimum Gasteiger partial charge on any atom is -0.310 e. The van der Waals surface area contributed by atoms with Crippen LogP contribution in [0.5, 0.6) is 0 Å². The van der Waals surface area contributed by atoms with Gasteiger partial charge in [-0.3, -0.25) is 0 Å². The smallest absolute Gasteiger partial charge is 0.0468 e. The first-order chi connectivity index (χ1) is 69.2. The number of hydrogen-bond acceptors (Lipinski definition) is 2. The topological polar surface area (TPSA) is 6.48 Å². The van der Waals surface area contributed by atoms with Crippen molar-refractivity contribution in [3.05, 3.63) is 531 Å². The lowest BCUT2D eigenvalue weighted by atomic mass is 9.81. The summed E-state index contributed by atoms with van der Waals surface area (Å²) in [4.78, 5) is 4.97. The Morgan fingerprint density at radius 1 is 0.135 bits per heavy atom. The van der Waals surface area contributed by atoms with Crippen LogP contribution in [0.25, 0.3) is 198 Å². The molecule has 0 aliphatic heterocycles. The van der Waals surface area contributed by atoms with E-state index in [-0.39, 0.29) is 16.2 Å². The maximum atomic E-state index is 2.49. The summed E-state index contributed by atoms with van der Waals surface area (Å²) in [7, 11) is 0. The van der Waals surface area contributed by atoms with Crippen molar-refractivity contribution in [1.29, 1.82) is 0 Å². The number of benzene rings is 24. The van der Waals surface area contributed by atoms with Crippen LogP contribution in [0.3, 0.4) is 0 Å². The van der Waals surface area contributed by atoms with Gasteiger partial charge in [0.15, 0.2) is 0 Å². The van der Waals surface area contributed by atoms with Gasteiger partial charge in [-0.05, 0) is 322 Å². The van der Waals surface area contributed by atoms with Crippen molar-refractivity contribution in [2.75, 3.05) is 9.80 Å². The maximum Gasteiger partial charge on any atom is 0.0468 e. The van der Waals surface area contributed by atoms with Gasteiger partial charge in [-0.1, -0.05) is 448 Å². The molecule has 0 saturated heterocycles. The fourth-order valence-electron chi connectivity index (χ4n) is 24.3. The molecule has 0 unspecified atom stereocenters. The number of hydrogen-bond donors (Lipinski definition) is 0. The monoisotopic (exact) mass is 1800 g/mol. The van der Waals surface area contributed by atoms with Gasteiger partial charge < -0.3 is 9.80 Å². The lowest BCUT2D eigenvalue weighted by Gasteiger charge is -2.29. The number of fused-ring (bicyclic) bond motifs is 22. The second-order valence-electron chi connectivity index (χ2n) is 40.0. The molecule has 0 atom stereocenters. The van der Waals surface area contributed by atoms with Crippen molar-refractivity contribution < 1.29 is 0 Å². The van der Waals surface area contributed by atoms with Crippen LogP contribution in [0.1, 0.15) is 74.9 Å². The van der Waals surface area contributed by atoms with Crippen molar-refractivity contribution in [3.63, 3.8) is 0 Å². The quantitative estimate of drug-likeness (QED) is 0.100. The Morgan fingerprint density at radius 2 is 0.426 bits per heavy atom. The summed E-state index contributed by atoms with van der Waals surface area (Å²) in [5.74, 6) is 0. The molecule has 0 heterocycles. The van der Waals surface area contributed by atoms with E-state index in [1.165, 1.54) is 231 Å². The molecule has 141 heavy (non-hydrogen) atoms. The van der Waals surface area contributed by atoms with Crippen molar-refractivity contribution in [3.8, 4) is 122 Å². The van der Waals surface area contributed by atoms with E-state index < -0.39 is 0 Å². The van der Waals surface area contributed by atoms with Gasteiger partial charge in [0, 0.05) is 50.4 Å². The van der Waals surface area contributed by atoms with E-state index in [2.05, 4.69) is 549 Å². The van der Waals surface area contributed by atoms with Crippen LogP contribution >= 0.6 is 0 Å². The Balaban J connectivity index is 0.000000145. The van der Waals surface area contributed by atoms with Gasteiger partial charge in [-0.2, -0.15) is 0 Å². The van der Waals surface area contributed by atoms with Gasteiger partial charge in [0.1, 0.15) is 0 Å². The summed E-state index contributed by atoms with van der Waals surface area (Å²) in [6.45, 7) is 14.2. The van der Waals surface area contributed by atoms with Crippen LogP contribution in [0.4, 0.5) is 34.1 Å². The summed E-state index contributed by atoms with van der Waals surface area (Å²) in [6, 6.07) is 185. The minimum absolute atomic E-state index is 0.0701. The molecule has 2 heteroatoms. The number of anilines is 6. The van der Waals surface area contributed by atoms with Gasteiger partial charge in [0.25, 0.3) is 0 Å². The highest BCUT2D eigenvalue weighted by Gasteiger charge is 2.40. The molecule has 3 aliphatic carbocycles. The van der Waals surface area contributed by atoms with E-state index >= 15 is 0 Å². The first-order valence-electron chi connectivity index (χ1n) is 49.5. The molecule has 0 fully saturated rings. The molecule has 0 spiro atoms. The summed E-state index contributed by atoms with van der Waals surface area (Å²) < 4.78 is 0. The summed E-state index contributed by atoms with van der Waals surface area (Å²) in [5, 5.41) is 17.4. The van der Waals surface area contributed by atoms with Gasteiger partial charge in [0.2, 0.25) is 0 Å². The Labute approximate surface area is 824 Å². The molecule has 24 aromatic rings. The zero-order valence-corrected chi connectivity index (χ0v) is 79.7. The summed E-state index contributed by atoms with van der Waals surface area (Å²) >= 11 is 0. The zero-order chi connectivity index (χ0) is 94.4. The number of rotatable bonds is 14. The third-order valence-corrected chi connectivity index (χ3v) is 31.1. The molecule has 0 N–H and O–H groups in total. The van der Waals surface area contributed by atoms with Gasteiger partial charge >= 0.3 is 0 Å². The SMILES string of the molecule is CC1(C)c2ccccc2-c2ccc(-c3ccc(N(c4ccc5c(c4)C(C)(C)c4ccccc4-5)c4ccc5c(c4)c4ccccc4c4c(-c6ccccc6)cc(-c6ccccc6)c(-c6ccccc6)c54)cc3)cc21.CC1(C)c2ccccc2-c2ccc(N(c3cccc(-c4cccc5ccccc45)c3)c3ccc4c(c3)c3ccccc3c3c(-c5ccccc5)cc(-c5ccccc5)c(-c5ccccc5)c43)cc21. The molecule has 27 rings (SSSR count).